The van der Waals surface area contributed by atoms with E-state index < -0.39 is 0 Å². The van der Waals surface area contributed by atoms with Gasteiger partial charge in [0.15, 0.2) is 0 Å². The fourth-order valence-electron chi connectivity index (χ4n) is 2.12. The van der Waals surface area contributed by atoms with Crippen LogP contribution in [0, 0.1) is 6.92 Å². The summed E-state index contributed by atoms with van der Waals surface area (Å²) in [5, 5.41) is 6.91. The summed E-state index contributed by atoms with van der Waals surface area (Å²) in [6, 6.07) is 0.148. The van der Waals surface area contributed by atoms with E-state index in [1.54, 1.807) is 6.92 Å². The van der Waals surface area contributed by atoms with Crippen molar-refractivity contribution in [1.29, 1.82) is 0 Å². The van der Waals surface area contributed by atoms with E-state index in [9.17, 15) is 4.79 Å². The maximum absolute atomic E-state index is 12.1. The first kappa shape index (κ1) is 11.9. The van der Waals surface area contributed by atoms with E-state index in [0.717, 1.165) is 25.0 Å². The van der Waals surface area contributed by atoms with Crippen LogP contribution < -0.4 is 5.32 Å². The zero-order valence-corrected chi connectivity index (χ0v) is 10.3. The summed E-state index contributed by atoms with van der Waals surface area (Å²) in [4.78, 5) is 12.1. The third-order valence-electron chi connectivity index (χ3n) is 3.07. The summed E-state index contributed by atoms with van der Waals surface area (Å²) in [7, 11) is 0. The Morgan fingerprint density at radius 2 is 2.47 bits per heavy atom. The van der Waals surface area contributed by atoms with Crippen molar-refractivity contribution in [1.82, 2.24) is 10.5 Å². The van der Waals surface area contributed by atoms with Crippen molar-refractivity contribution in [3.05, 3.63) is 29.2 Å². The highest BCUT2D eigenvalue weighted by Crippen LogP contribution is 2.16. The second-order valence-electron chi connectivity index (χ2n) is 4.35. The van der Waals surface area contributed by atoms with Crippen molar-refractivity contribution in [3.63, 3.8) is 0 Å². The molecule has 1 amide bonds. The molecular formula is C13H18N2O2. The number of rotatable bonds is 3. The Balaban J connectivity index is 2.11. The van der Waals surface area contributed by atoms with E-state index >= 15 is 0 Å². The molecule has 0 aliphatic heterocycles. The van der Waals surface area contributed by atoms with E-state index in [1.165, 1.54) is 0 Å². The molecule has 0 saturated heterocycles. The number of allylic oxidation sites excluding steroid dienone is 1. The van der Waals surface area contributed by atoms with Crippen molar-refractivity contribution in [3.8, 4) is 0 Å². The lowest BCUT2D eigenvalue weighted by atomic mass is 10.0. The molecule has 1 unspecified atom stereocenters. The standard InChI is InChI=1S/C13H18N2O2/c1-3-11-12(9(2)17-15-11)13(16)14-10-7-5-4-6-8-10/h5,7,10H,3-4,6,8H2,1-2H3,(H,14,16). The van der Waals surface area contributed by atoms with Gasteiger partial charge in [0.25, 0.3) is 5.91 Å². The number of hydrogen-bond acceptors (Lipinski definition) is 3. The molecule has 1 N–H and O–H groups in total. The molecule has 0 saturated carbocycles. The van der Waals surface area contributed by atoms with Gasteiger partial charge in [-0.05, 0) is 32.6 Å². The quantitative estimate of drug-likeness (QED) is 0.817. The molecule has 1 aromatic heterocycles. The summed E-state index contributed by atoms with van der Waals surface area (Å²) in [5.41, 5.74) is 1.34. The minimum Gasteiger partial charge on any atom is -0.361 e. The van der Waals surface area contributed by atoms with Crippen molar-refractivity contribution in [2.45, 2.75) is 45.6 Å². The number of carbonyl (C=O) groups excluding carboxylic acids is 1. The van der Waals surface area contributed by atoms with E-state index in [0.29, 0.717) is 17.7 Å². The van der Waals surface area contributed by atoms with Crippen LogP contribution in [0.3, 0.4) is 0 Å². The second-order valence-corrected chi connectivity index (χ2v) is 4.35. The number of amides is 1. The molecule has 1 atom stereocenters. The maximum Gasteiger partial charge on any atom is 0.257 e. The van der Waals surface area contributed by atoms with Gasteiger partial charge < -0.3 is 9.84 Å². The van der Waals surface area contributed by atoms with Gasteiger partial charge in [0.2, 0.25) is 0 Å². The summed E-state index contributed by atoms with van der Waals surface area (Å²) in [5.74, 6) is 0.524. The smallest absolute Gasteiger partial charge is 0.257 e. The summed E-state index contributed by atoms with van der Waals surface area (Å²) in [6.45, 7) is 3.74. The molecule has 0 bridgehead atoms. The molecular weight excluding hydrogens is 216 g/mol. The number of aromatic nitrogens is 1. The second kappa shape index (κ2) is 5.17. The van der Waals surface area contributed by atoms with E-state index in [2.05, 4.69) is 22.6 Å². The molecule has 0 fully saturated rings. The first-order chi connectivity index (χ1) is 8.22. The minimum absolute atomic E-state index is 0.0721. The highest BCUT2D eigenvalue weighted by Gasteiger charge is 2.21. The van der Waals surface area contributed by atoms with Gasteiger partial charge in [-0.2, -0.15) is 0 Å². The van der Waals surface area contributed by atoms with E-state index in [4.69, 9.17) is 4.52 Å². The van der Waals surface area contributed by atoms with Crippen LogP contribution in [0.1, 0.15) is 48.0 Å². The summed E-state index contributed by atoms with van der Waals surface area (Å²) in [6.07, 6.45) is 8.14. The number of nitrogens with one attached hydrogen (secondary N) is 1. The Bertz CT molecular complexity index is 435. The number of nitrogens with zero attached hydrogens (tertiary/aromatic N) is 1. The monoisotopic (exact) mass is 234 g/mol. The maximum atomic E-state index is 12.1. The Morgan fingerprint density at radius 1 is 1.65 bits per heavy atom. The normalized spacial score (nSPS) is 19.3. The molecule has 0 spiro atoms. The number of aryl methyl sites for hydroxylation is 2. The van der Waals surface area contributed by atoms with Gasteiger partial charge >= 0.3 is 0 Å². The van der Waals surface area contributed by atoms with E-state index in [1.807, 2.05) is 6.92 Å². The zero-order valence-electron chi connectivity index (χ0n) is 10.3. The summed E-state index contributed by atoms with van der Waals surface area (Å²) >= 11 is 0. The van der Waals surface area contributed by atoms with Gasteiger partial charge in [-0.15, -0.1) is 0 Å². The first-order valence-electron chi connectivity index (χ1n) is 6.15. The highest BCUT2D eigenvalue weighted by molar-refractivity contribution is 5.96. The third kappa shape index (κ3) is 2.57. The van der Waals surface area contributed by atoms with Gasteiger partial charge in [0.05, 0.1) is 5.69 Å². The lowest BCUT2D eigenvalue weighted by Gasteiger charge is -2.17. The SMILES string of the molecule is CCc1noc(C)c1C(=O)NC1C=CCCC1. The van der Waals surface area contributed by atoms with Crippen LogP contribution in [0.15, 0.2) is 16.7 Å². The fourth-order valence-corrected chi connectivity index (χ4v) is 2.12. The van der Waals surface area contributed by atoms with Crippen LogP contribution in [0.4, 0.5) is 0 Å². The van der Waals surface area contributed by atoms with Gasteiger partial charge in [-0.3, -0.25) is 4.79 Å². The molecule has 0 aromatic carbocycles. The first-order valence-corrected chi connectivity index (χ1v) is 6.15. The predicted molar refractivity (Wildman–Crippen MR) is 64.9 cm³/mol. The highest BCUT2D eigenvalue weighted by atomic mass is 16.5. The largest absolute Gasteiger partial charge is 0.361 e. The molecule has 4 heteroatoms. The minimum atomic E-state index is -0.0721. The average molecular weight is 234 g/mol. The Morgan fingerprint density at radius 3 is 3.12 bits per heavy atom. The average Bonchev–Trinajstić information content (AvgIpc) is 2.71. The molecule has 1 aliphatic carbocycles. The molecule has 2 rings (SSSR count). The van der Waals surface area contributed by atoms with Crippen molar-refractivity contribution in [2.24, 2.45) is 0 Å². The van der Waals surface area contributed by atoms with Gasteiger partial charge in [-0.25, -0.2) is 0 Å². The lowest BCUT2D eigenvalue weighted by molar-refractivity contribution is 0.0939. The van der Waals surface area contributed by atoms with Gasteiger partial charge in [-0.1, -0.05) is 24.2 Å². The van der Waals surface area contributed by atoms with Crippen LogP contribution >= 0.6 is 0 Å². The van der Waals surface area contributed by atoms with Gasteiger partial charge in [0, 0.05) is 6.04 Å². The molecule has 4 nitrogen and oxygen atoms in total. The molecule has 92 valence electrons. The number of hydrogen-bond donors (Lipinski definition) is 1. The topological polar surface area (TPSA) is 55.1 Å². The Kier molecular flexibility index (Phi) is 3.61. The molecule has 17 heavy (non-hydrogen) atoms. The zero-order chi connectivity index (χ0) is 12.3. The van der Waals surface area contributed by atoms with Crippen molar-refractivity contribution >= 4 is 5.91 Å². The van der Waals surface area contributed by atoms with Crippen LogP contribution in [-0.2, 0) is 6.42 Å². The van der Waals surface area contributed by atoms with Crippen LogP contribution in [0.25, 0.3) is 0 Å². The van der Waals surface area contributed by atoms with Crippen molar-refractivity contribution < 1.29 is 9.32 Å². The van der Waals surface area contributed by atoms with E-state index in [-0.39, 0.29) is 11.9 Å². The fraction of sp³-hybridized carbons (Fsp3) is 0.538. The lowest BCUT2D eigenvalue weighted by Crippen LogP contribution is -2.34. The molecule has 1 aliphatic rings. The summed E-state index contributed by atoms with van der Waals surface area (Å²) < 4.78 is 5.07. The molecule has 1 heterocycles. The molecule has 0 radical (unpaired) electrons. The van der Waals surface area contributed by atoms with Crippen LogP contribution in [0.5, 0.6) is 0 Å². The van der Waals surface area contributed by atoms with Gasteiger partial charge in [0.1, 0.15) is 11.3 Å². The predicted octanol–water partition coefficient (Wildman–Crippen LogP) is 2.38. The van der Waals surface area contributed by atoms with Crippen LogP contribution in [-0.4, -0.2) is 17.1 Å². The van der Waals surface area contributed by atoms with Crippen LogP contribution in [0.2, 0.25) is 0 Å². The van der Waals surface area contributed by atoms with Crippen molar-refractivity contribution in [2.75, 3.05) is 0 Å². The number of carbonyl (C=O) groups is 1. The Hall–Kier alpha value is -1.58. The molecule has 1 aromatic rings. The Labute approximate surface area is 101 Å². The third-order valence-corrected chi connectivity index (χ3v) is 3.07.